The number of pyridine rings is 2. The van der Waals surface area contributed by atoms with Gasteiger partial charge in [0, 0.05) is 11.9 Å². The van der Waals surface area contributed by atoms with Crippen LogP contribution in [0.5, 0.6) is 5.75 Å². The maximum absolute atomic E-state index is 11.9. The Morgan fingerprint density at radius 3 is 2.47 bits per heavy atom. The Labute approximate surface area is 113 Å². The third-order valence-corrected chi connectivity index (χ3v) is 2.31. The van der Waals surface area contributed by atoms with Crippen LogP contribution in [0.15, 0.2) is 41.5 Å². The van der Waals surface area contributed by atoms with Crippen molar-refractivity contribution >= 4 is 0 Å². The fourth-order valence-corrected chi connectivity index (χ4v) is 1.44. The summed E-state index contributed by atoms with van der Waals surface area (Å²) in [5.41, 5.74) is 1.46. The van der Waals surface area contributed by atoms with Gasteiger partial charge in [-0.1, -0.05) is 20.3 Å². The Morgan fingerprint density at radius 1 is 1.26 bits per heavy atom. The van der Waals surface area contributed by atoms with Crippen LogP contribution < -0.4 is 10.3 Å². The van der Waals surface area contributed by atoms with Gasteiger partial charge >= 0.3 is 0 Å². The van der Waals surface area contributed by atoms with Gasteiger partial charge in [0.05, 0.1) is 19.0 Å². The van der Waals surface area contributed by atoms with E-state index >= 15 is 0 Å². The zero-order valence-corrected chi connectivity index (χ0v) is 11.9. The van der Waals surface area contributed by atoms with Crippen molar-refractivity contribution in [1.29, 1.82) is 0 Å². The number of nitrogens with zero attached hydrogens (tertiary/aromatic N) is 2. The second kappa shape index (κ2) is 7.36. The van der Waals surface area contributed by atoms with Crippen LogP contribution in [0.2, 0.25) is 0 Å². The molecule has 19 heavy (non-hydrogen) atoms. The molecule has 0 saturated carbocycles. The molecule has 0 N–H and O–H groups in total. The molecule has 0 aliphatic carbocycles. The summed E-state index contributed by atoms with van der Waals surface area (Å²) in [7, 11) is 1.48. The molecule has 2 heterocycles. The minimum atomic E-state index is -0.185. The zero-order valence-electron chi connectivity index (χ0n) is 11.9. The van der Waals surface area contributed by atoms with Crippen molar-refractivity contribution in [2.45, 2.75) is 27.2 Å². The molecule has 2 aromatic rings. The summed E-state index contributed by atoms with van der Waals surface area (Å²) in [5, 5.41) is 0. The van der Waals surface area contributed by atoms with E-state index in [1.54, 1.807) is 24.5 Å². The third kappa shape index (κ3) is 3.95. The third-order valence-electron chi connectivity index (χ3n) is 2.31. The molecular formula is C15H20N2O2. The van der Waals surface area contributed by atoms with E-state index in [9.17, 15) is 4.79 Å². The first-order valence-electron chi connectivity index (χ1n) is 6.32. The number of hydrogen-bond donors (Lipinski definition) is 0. The Morgan fingerprint density at radius 2 is 1.95 bits per heavy atom. The van der Waals surface area contributed by atoms with Gasteiger partial charge < -0.3 is 4.74 Å². The monoisotopic (exact) mass is 260 g/mol. The van der Waals surface area contributed by atoms with Crippen molar-refractivity contribution in [3.63, 3.8) is 0 Å². The number of hydrogen-bond acceptors (Lipinski definition) is 3. The van der Waals surface area contributed by atoms with Crippen LogP contribution in [-0.4, -0.2) is 16.7 Å². The van der Waals surface area contributed by atoms with Gasteiger partial charge in [-0.15, -0.1) is 0 Å². The molecule has 0 aliphatic rings. The Hall–Kier alpha value is -2.10. The lowest BCUT2D eigenvalue weighted by Crippen LogP contribution is -2.18. The highest BCUT2D eigenvalue weighted by molar-refractivity contribution is 5.32. The molecule has 0 aliphatic heterocycles. The lowest BCUT2D eigenvalue weighted by Gasteiger charge is -2.06. The largest absolute Gasteiger partial charge is 0.491 e. The van der Waals surface area contributed by atoms with Gasteiger partial charge in [-0.05, 0) is 31.2 Å². The van der Waals surface area contributed by atoms with Crippen LogP contribution in [-0.2, 0) is 0 Å². The van der Waals surface area contributed by atoms with Crippen molar-refractivity contribution in [3.05, 3.63) is 52.7 Å². The van der Waals surface area contributed by atoms with Gasteiger partial charge in [-0.3, -0.25) is 14.3 Å². The van der Waals surface area contributed by atoms with E-state index < -0.39 is 0 Å². The highest BCUT2D eigenvalue weighted by Gasteiger charge is 2.04. The van der Waals surface area contributed by atoms with Gasteiger partial charge in [0.25, 0.3) is 5.56 Å². The highest BCUT2D eigenvalue weighted by Crippen LogP contribution is 2.07. The summed E-state index contributed by atoms with van der Waals surface area (Å²) in [4.78, 5) is 16.0. The van der Waals surface area contributed by atoms with Gasteiger partial charge in [-0.25, -0.2) is 0 Å². The summed E-state index contributed by atoms with van der Waals surface area (Å²) in [6, 6.07) is 7.12. The topological polar surface area (TPSA) is 44.1 Å². The van der Waals surface area contributed by atoms with Crippen LogP contribution in [0.4, 0.5) is 0 Å². The quantitative estimate of drug-likeness (QED) is 0.833. The summed E-state index contributed by atoms with van der Waals surface area (Å²) in [6.45, 7) is 6.15. The van der Waals surface area contributed by atoms with Crippen LogP contribution >= 0.6 is 0 Å². The van der Waals surface area contributed by atoms with Gasteiger partial charge in [0.15, 0.2) is 5.75 Å². The predicted octanol–water partition coefficient (Wildman–Crippen LogP) is 2.97. The van der Waals surface area contributed by atoms with Crippen molar-refractivity contribution in [2.75, 3.05) is 7.11 Å². The minimum Gasteiger partial charge on any atom is -0.491 e. The maximum atomic E-state index is 11.9. The van der Waals surface area contributed by atoms with E-state index in [2.05, 4.69) is 18.8 Å². The first kappa shape index (κ1) is 15.0. The average molecular weight is 260 g/mol. The van der Waals surface area contributed by atoms with Crippen molar-refractivity contribution in [1.82, 2.24) is 9.55 Å². The van der Waals surface area contributed by atoms with E-state index in [-0.39, 0.29) is 5.56 Å². The first-order chi connectivity index (χ1) is 9.13. The smallest absolute Gasteiger partial charge is 0.297 e. The Kier molecular flexibility index (Phi) is 5.79. The molecule has 0 atom stereocenters. The highest BCUT2D eigenvalue weighted by atomic mass is 16.5. The molecule has 2 aromatic heterocycles. The number of aromatic nitrogens is 2. The second-order valence-electron chi connectivity index (χ2n) is 4.12. The summed E-state index contributed by atoms with van der Waals surface area (Å²) in [6.07, 6.45) is 4.60. The molecule has 2 rings (SSSR count). The predicted molar refractivity (Wildman–Crippen MR) is 77.1 cm³/mol. The van der Waals surface area contributed by atoms with Gasteiger partial charge in [0.2, 0.25) is 0 Å². The maximum Gasteiger partial charge on any atom is 0.297 e. The first-order valence-corrected chi connectivity index (χ1v) is 6.32. The van der Waals surface area contributed by atoms with Crippen LogP contribution in [0.25, 0.3) is 5.69 Å². The van der Waals surface area contributed by atoms with Gasteiger partial charge in [0.1, 0.15) is 0 Å². The molecule has 0 fully saturated rings. The van der Waals surface area contributed by atoms with Crippen molar-refractivity contribution in [2.24, 2.45) is 0 Å². The molecule has 0 saturated heterocycles. The summed E-state index contributed by atoms with van der Waals surface area (Å²) >= 11 is 0. The van der Waals surface area contributed by atoms with E-state index in [1.165, 1.54) is 18.1 Å². The molecule has 0 radical (unpaired) electrons. The van der Waals surface area contributed by atoms with Crippen molar-refractivity contribution in [3.8, 4) is 11.4 Å². The number of aryl methyl sites for hydroxylation is 1. The summed E-state index contributed by atoms with van der Waals surface area (Å²) in [5.74, 6) is 0.322. The molecular weight excluding hydrogens is 240 g/mol. The standard InChI is InChI=1S/C12H12N2O2.C3H8/c1-9-5-6-10(8-13-9)14-7-3-4-11(16-2)12(14)15;1-3-2/h3-8H,1-2H3;3H2,1-2H3. The molecule has 102 valence electrons. The Bertz CT molecular complexity index is 559. The van der Waals surface area contributed by atoms with Crippen LogP contribution in [0.3, 0.4) is 0 Å². The average Bonchev–Trinajstić information content (AvgIpc) is 2.41. The molecule has 0 amide bonds. The molecule has 0 unspecified atom stereocenters. The SMILES string of the molecule is CCC.COc1cccn(-c2ccc(C)nc2)c1=O. The summed E-state index contributed by atoms with van der Waals surface area (Å²) < 4.78 is 6.48. The molecule has 4 heteroatoms. The second-order valence-corrected chi connectivity index (χ2v) is 4.12. The molecule has 0 bridgehead atoms. The minimum absolute atomic E-state index is 0.185. The van der Waals surface area contributed by atoms with E-state index in [0.717, 1.165) is 11.4 Å². The number of rotatable bonds is 2. The van der Waals surface area contributed by atoms with E-state index in [0.29, 0.717) is 5.75 Å². The van der Waals surface area contributed by atoms with E-state index in [4.69, 9.17) is 4.74 Å². The molecule has 0 spiro atoms. The lowest BCUT2D eigenvalue weighted by molar-refractivity contribution is 0.406. The fourth-order valence-electron chi connectivity index (χ4n) is 1.44. The normalized spacial score (nSPS) is 9.47. The Balaban J connectivity index is 0.000000550. The molecule has 0 aromatic carbocycles. The van der Waals surface area contributed by atoms with Crippen LogP contribution in [0.1, 0.15) is 26.0 Å². The van der Waals surface area contributed by atoms with Crippen molar-refractivity contribution < 1.29 is 4.74 Å². The van der Waals surface area contributed by atoms with Crippen LogP contribution in [0, 0.1) is 6.92 Å². The molecule has 4 nitrogen and oxygen atoms in total. The fraction of sp³-hybridized carbons (Fsp3) is 0.333. The number of ether oxygens (including phenoxy) is 1. The number of methoxy groups -OCH3 is 1. The van der Waals surface area contributed by atoms with Gasteiger partial charge in [-0.2, -0.15) is 0 Å². The van der Waals surface area contributed by atoms with E-state index in [1.807, 2.05) is 19.1 Å². The lowest BCUT2D eigenvalue weighted by atomic mass is 10.3. The zero-order chi connectivity index (χ0) is 14.3.